The molecule has 0 radical (unpaired) electrons. The molecule has 0 saturated carbocycles. The fourth-order valence-corrected chi connectivity index (χ4v) is 6.15. The lowest BCUT2D eigenvalue weighted by Gasteiger charge is -2.06. The van der Waals surface area contributed by atoms with Gasteiger partial charge in [-0.25, -0.2) is 4.98 Å². The maximum Gasteiger partial charge on any atom is 0.118 e. The molecule has 4 aromatic heterocycles. The zero-order chi connectivity index (χ0) is 29.6. The lowest BCUT2D eigenvalue weighted by atomic mass is 10.0. The van der Waals surface area contributed by atoms with Gasteiger partial charge in [-0.3, -0.25) is 0 Å². The number of nitrogens with zero attached hydrogens (tertiary/aromatic N) is 1. The highest BCUT2D eigenvalue weighted by Gasteiger charge is 2.16. The fraction of sp³-hybridized carbons (Fsp3) is 0.0513. The molecule has 5 nitrogen and oxygen atoms in total. The molecule has 0 saturated heterocycles. The van der Waals surface area contributed by atoms with Crippen LogP contribution in [0.2, 0.25) is 0 Å². The molecular formula is C39H30N4O. The van der Waals surface area contributed by atoms with E-state index in [1.165, 1.54) is 5.56 Å². The molecule has 7 aromatic rings. The normalized spacial score (nSPS) is 11.8. The zero-order valence-electron chi connectivity index (χ0n) is 24.5. The van der Waals surface area contributed by atoms with Crippen LogP contribution in [0.5, 0.6) is 5.75 Å². The van der Waals surface area contributed by atoms with Gasteiger partial charge in [0.05, 0.1) is 29.5 Å². The molecule has 8 bridgehead atoms. The number of rotatable bonds is 4. The number of H-pyrrole nitrogens is 3. The number of benzene rings is 3. The number of hydrogen-bond donors (Lipinski definition) is 3. The van der Waals surface area contributed by atoms with Crippen LogP contribution in [0, 0.1) is 6.92 Å². The van der Waals surface area contributed by atoms with Gasteiger partial charge < -0.3 is 19.7 Å². The van der Waals surface area contributed by atoms with Crippen LogP contribution in [0.4, 0.5) is 0 Å². The standard InChI is InChI=1S/C39H30N4O/c1-24-8-10-26(11-9-24)38-32-19-17-30(41-32)29-16-18-31(40-29)37(25-6-4-3-5-7-25)33-20-21-35(42-33)39(36-23-22-34(38)43-36)27-12-14-28(44-2)15-13-27/h3-23,40-41,43H,1-2H3. The first-order valence-corrected chi connectivity index (χ1v) is 14.8. The number of nitrogens with one attached hydrogen (secondary N) is 3. The van der Waals surface area contributed by atoms with Crippen molar-refractivity contribution in [2.75, 3.05) is 7.11 Å². The van der Waals surface area contributed by atoms with Gasteiger partial charge in [-0.15, -0.1) is 0 Å². The molecule has 1 aliphatic rings. The van der Waals surface area contributed by atoms with Crippen LogP contribution in [0.1, 0.15) is 17.0 Å². The third kappa shape index (κ3) is 4.46. The van der Waals surface area contributed by atoms with Gasteiger partial charge in [0.15, 0.2) is 0 Å². The summed E-state index contributed by atoms with van der Waals surface area (Å²) in [6.45, 7) is 2.12. The minimum Gasteiger partial charge on any atom is -0.497 e. The summed E-state index contributed by atoms with van der Waals surface area (Å²) in [5, 5.41) is 0. The second kappa shape index (κ2) is 10.5. The largest absolute Gasteiger partial charge is 0.497 e. The Morgan fingerprint density at radius 1 is 0.455 bits per heavy atom. The highest BCUT2D eigenvalue weighted by atomic mass is 16.5. The molecule has 3 N–H and O–H groups in total. The third-order valence-corrected chi connectivity index (χ3v) is 8.36. The van der Waals surface area contributed by atoms with E-state index < -0.39 is 0 Å². The van der Waals surface area contributed by atoms with Crippen molar-refractivity contribution in [1.29, 1.82) is 0 Å². The molecule has 5 heteroatoms. The Kier molecular flexibility index (Phi) is 6.16. The van der Waals surface area contributed by atoms with Gasteiger partial charge in [-0.1, -0.05) is 72.3 Å². The number of ether oxygens (including phenoxy) is 1. The summed E-state index contributed by atoms with van der Waals surface area (Å²) in [6.07, 6.45) is 4.24. The molecule has 1 aliphatic heterocycles. The van der Waals surface area contributed by atoms with Crippen LogP contribution in [-0.4, -0.2) is 27.0 Å². The molecule has 0 amide bonds. The summed E-state index contributed by atoms with van der Waals surface area (Å²) < 4.78 is 5.48. The van der Waals surface area contributed by atoms with Gasteiger partial charge in [0.2, 0.25) is 0 Å². The van der Waals surface area contributed by atoms with Gasteiger partial charge in [-0.05, 0) is 84.3 Å². The first-order chi connectivity index (χ1) is 21.6. The second-order valence-electron chi connectivity index (χ2n) is 11.2. The first-order valence-electron chi connectivity index (χ1n) is 14.8. The monoisotopic (exact) mass is 570 g/mol. The number of fused-ring (bicyclic) bond motifs is 9. The average molecular weight is 571 g/mol. The van der Waals surface area contributed by atoms with Gasteiger partial charge in [-0.2, -0.15) is 0 Å². The van der Waals surface area contributed by atoms with Crippen LogP contribution in [-0.2, 0) is 0 Å². The van der Waals surface area contributed by atoms with E-state index in [-0.39, 0.29) is 0 Å². The molecule has 0 unspecified atom stereocenters. The molecular weight excluding hydrogens is 540 g/mol. The quantitative estimate of drug-likeness (QED) is 0.197. The van der Waals surface area contributed by atoms with Gasteiger partial charge in [0, 0.05) is 38.8 Å². The lowest BCUT2D eigenvalue weighted by Crippen LogP contribution is -1.88. The molecule has 0 aliphatic carbocycles. The summed E-state index contributed by atoms with van der Waals surface area (Å²) in [5.74, 6) is 0.814. The van der Waals surface area contributed by atoms with Crippen molar-refractivity contribution in [3.8, 4) is 39.1 Å². The van der Waals surface area contributed by atoms with Crippen LogP contribution in [0.15, 0.2) is 115 Å². The minimum atomic E-state index is 0.814. The van der Waals surface area contributed by atoms with Crippen LogP contribution in [0.25, 0.3) is 78.6 Å². The zero-order valence-corrected chi connectivity index (χ0v) is 24.5. The SMILES string of the molecule is COc1ccc(-c2c3nc(c(-c4ccccc4)c4ccc([nH]4)c4ccc([nH]4)c(-c4ccc(C)cc4)c4ccc2[nH]4)C=C3)cc1. The Morgan fingerprint density at radius 3 is 1.43 bits per heavy atom. The molecule has 212 valence electrons. The van der Waals surface area contributed by atoms with Crippen LogP contribution in [0.3, 0.4) is 0 Å². The number of aromatic nitrogens is 4. The molecule has 0 atom stereocenters. The topological polar surface area (TPSA) is 69.5 Å². The van der Waals surface area contributed by atoms with Crippen molar-refractivity contribution in [3.63, 3.8) is 0 Å². The predicted octanol–water partition coefficient (Wildman–Crippen LogP) is 10.0. The Bertz CT molecular complexity index is 2300. The maximum atomic E-state index is 5.48. The summed E-state index contributed by atoms with van der Waals surface area (Å²) in [7, 11) is 1.69. The lowest BCUT2D eigenvalue weighted by molar-refractivity contribution is 0.415. The van der Waals surface area contributed by atoms with Crippen molar-refractivity contribution in [2.24, 2.45) is 0 Å². The van der Waals surface area contributed by atoms with Crippen LogP contribution < -0.4 is 4.74 Å². The van der Waals surface area contributed by atoms with E-state index in [0.717, 1.165) is 83.6 Å². The summed E-state index contributed by atoms with van der Waals surface area (Å²) in [6, 6.07) is 40.3. The molecule has 3 aromatic carbocycles. The molecule has 5 heterocycles. The number of methoxy groups -OCH3 is 1. The number of hydrogen-bond acceptors (Lipinski definition) is 2. The Labute approximate surface area is 254 Å². The van der Waals surface area contributed by atoms with Crippen molar-refractivity contribution >= 4 is 45.3 Å². The molecule has 44 heavy (non-hydrogen) atoms. The van der Waals surface area contributed by atoms with Crippen molar-refractivity contribution in [3.05, 3.63) is 132 Å². The summed E-state index contributed by atoms with van der Waals surface area (Å²) in [4.78, 5) is 16.5. The maximum absolute atomic E-state index is 5.48. The van der Waals surface area contributed by atoms with E-state index in [1.807, 2.05) is 18.2 Å². The van der Waals surface area contributed by atoms with Gasteiger partial charge in [0.1, 0.15) is 5.75 Å². The summed E-state index contributed by atoms with van der Waals surface area (Å²) in [5.41, 5.74) is 15.6. The Balaban J connectivity index is 1.54. The van der Waals surface area contributed by atoms with E-state index in [0.29, 0.717) is 0 Å². The third-order valence-electron chi connectivity index (χ3n) is 8.36. The highest BCUT2D eigenvalue weighted by Crippen LogP contribution is 2.36. The number of aromatic amines is 3. The van der Waals surface area contributed by atoms with Crippen LogP contribution >= 0.6 is 0 Å². The number of aryl methyl sites for hydroxylation is 1. The highest BCUT2D eigenvalue weighted by molar-refractivity contribution is 5.99. The van der Waals surface area contributed by atoms with E-state index in [1.54, 1.807) is 7.11 Å². The van der Waals surface area contributed by atoms with E-state index in [9.17, 15) is 0 Å². The van der Waals surface area contributed by atoms with Crippen molar-refractivity contribution < 1.29 is 4.74 Å². The van der Waals surface area contributed by atoms with Gasteiger partial charge >= 0.3 is 0 Å². The summed E-state index contributed by atoms with van der Waals surface area (Å²) >= 11 is 0. The fourth-order valence-electron chi connectivity index (χ4n) is 6.15. The van der Waals surface area contributed by atoms with E-state index >= 15 is 0 Å². The predicted molar refractivity (Wildman–Crippen MR) is 183 cm³/mol. The van der Waals surface area contributed by atoms with Crippen molar-refractivity contribution in [2.45, 2.75) is 6.92 Å². The van der Waals surface area contributed by atoms with Crippen molar-refractivity contribution in [1.82, 2.24) is 19.9 Å². The smallest absolute Gasteiger partial charge is 0.118 e. The first kappa shape index (κ1) is 25.9. The molecule has 0 spiro atoms. The molecule has 8 rings (SSSR count). The molecule has 0 fully saturated rings. The average Bonchev–Trinajstić information content (AvgIpc) is 3.88. The second-order valence-corrected chi connectivity index (χ2v) is 11.2. The Hall–Kier alpha value is -5.81. The van der Waals surface area contributed by atoms with Gasteiger partial charge in [0.25, 0.3) is 0 Å². The van der Waals surface area contributed by atoms with E-state index in [2.05, 4.69) is 131 Å². The Morgan fingerprint density at radius 2 is 0.886 bits per heavy atom. The van der Waals surface area contributed by atoms with E-state index in [4.69, 9.17) is 9.72 Å². The minimum absolute atomic E-state index is 0.814.